The van der Waals surface area contributed by atoms with Gasteiger partial charge in [0, 0.05) is 25.4 Å². The fourth-order valence-corrected chi connectivity index (χ4v) is 3.16. The SMILES string of the molecule is CC(C)CC(CC(=O)N1CCC(c2ccccc2)C1)C(=O)O. The van der Waals surface area contributed by atoms with Gasteiger partial charge in [0.2, 0.25) is 5.91 Å². The van der Waals surface area contributed by atoms with E-state index in [1.54, 1.807) is 0 Å². The molecule has 1 amide bonds. The van der Waals surface area contributed by atoms with E-state index in [4.69, 9.17) is 0 Å². The van der Waals surface area contributed by atoms with Crippen LogP contribution in [-0.2, 0) is 9.59 Å². The molecule has 1 N–H and O–H groups in total. The number of carboxylic acids is 1. The molecular formula is C18H25NO3. The summed E-state index contributed by atoms with van der Waals surface area (Å²) in [4.78, 5) is 25.5. The first-order valence-corrected chi connectivity index (χ1v) is 8.03. The largest absolute Gasteiger partial charge is 0.481 e. The molecule has 0 saturated carbocycles. The maximum atomic E-state index is 12.4. The molecule has 1 saturated heterocycles. The number of carbonyl (C=O) groups excluding carboxylic acids is 1. The summed E-state index contributed by atoms with van der Waals surface area (Å²) in [5.41, 5.74) is 1.26. The first-order chi connectivity index (χ1) is 10.5. The highest BCUT2D eigenvalue weighted by Crippen LogP contribution is 2.28. The molecule has 2 unspecified atom stereocenters. The van der Waals surface area contributed by atoms with Crippen molar-refractivity contribution in [3.8, 4) is 0 Å². The molecule has 1 aromatic carbocycles. The van der Waals surface area contributed by atoms with Crippen LogP contribution in [0.5, 0.6) is 0 Å². The Kier molecular flexibility index (Phi) is 5.58. The minimum atomic E-state index is -0.860. The number of carboxylic acid groups (broad SMARTS) is 1. The standard InChI is InChI=1S/C18H25NO3/c1-13(2)10-16(18(21)22)11-17(20)19-9-8-15(12-19)14-6-4-3-5-7-14/h3-7,13,15-16H,8-12H2,1-2H3,(H,21,22). The van der Waals surface area contributed by atoms with Gasteiger partial charge >= 0.3 is 5.97 Å². The Morgan fingerprint density at radius 1 is 1.27 bits per heavy atom. The van der Waals surface area contributed by atoms with Crippen LogP contribution in [0.4, 0.5) is 0 Å². The maximum absolute atomic E-state index is 12.4. The fourth-order valence-electron chi connectivity index (χ4n) is 3.16. The van der Waals surface area contributed by atoms with E-state index in [1.807, 2.05) is 36.9 Å². The minimum Gasteiger partial charge on any atom is -0.481 e. The van der Waals surface area contributed by atoms with Crippen molar-refractivity contribution in [2.75, 3.05) is 13.1 Å². The molecule has 1 heterocycles. The van der Waals surface area contributed by atoms with Crippen molar-refractivity contribution in [1.29, 1.82) is 0 Å². The summed E-state index contributed by atoms with van der Waals surface area (Å²) in [7, 11) is 0. The third-order valence-electron chi connectivity index (χ3n) is 4.34. The van der Waals surface area contributed by atoms with Crippen LogP contribution < -0.4 is 0 Å². The van der Waals surface area contributed by atoms with E-state index in [-0.39, 0.29) is 18.2 Å². The van der Waals surface area contributed by atoms with Gasteiger partial charge in [-0.3, -0.25) is 9.59 Å². The van der Waals surface area contributed by atoms with Crippen LogP contribution in [0.15, 0.2) is 30.3 Å². The number of likely N-dealkylation sites (tertiary alicyclic amines) is 1. The smallest absolute Gasteiger partial charge is 0.307 e. The van der Waals surface area contributed by atoms with Crippen molar-refractivity contribution in [3.63, 3.8) is 0 Å². The topological polar surface area (TPSA) is 57.6 Å². The van der Waals surface area contributed by atoms with Crippen LogP contribution in [0.2, 0.25) is 0 Å². The minimum absolute atomic E-state index is 0.0218. The number of aliphatic carboxylic acids is 1. The average Bonchev–Trinajstić information content (AvgIpc) is 2.96. The van der Waals surface area contributed by atoms with Crippen molar-refractivity contribution >= 4 is 11.9 Å². The van der Waals surface area contributed by atoms with E-state index in [9.17, 15) is 14.7 Å². The molecule has 0 spiro atoms. The van der Waals surface area contributed by atoms with Gasteiger partial charge in [0.1, 0.15) is 0 Å². The van der Waals surface area contributed by atoms with Crippen molar-refractivity contribution in [2.24, 2.45) is 11.8 Å². The van der Waals surface area contributed by atoms with Crippen molar-refractivity contribution < 1.29 is 14.7 Å². The second-order valence-electron chi connectivity index (χ2n) is 6.60. The summed E-state index contributed by atoms with van der Waals surface area (Å²) in [5, 5.41) is 9.27. The predicted molar refractivity (Wildman–Crippen MR) is 85.6 cm³/mol. The van der Waals surface area contributed by atoms with Gasteiger partial charge in [0.25, 0.3) is 0 Å². The average molecular weight is 303 g/mol. The Morgan fingerprint density at radius 3 is 2.55 bits per heavy atom. The van der Waals surface area contributed by atoms with Gasteiger partial charge in [-0.05, 0) is 24.3 Å². The van der Waals surface area contributed by atoms with Crippen molar-refractivity contribution in [3.05, 3.63) is 35.9 Å². The molecule has 2 rings (SSSR count). The number of nitrogens with zero attached hydrogens (tertiary/aromatic N) is 1. The molecule has 0 bridgehead atoms. The lowest BCUT2D eigenvalue weighted by atomic mass is 9.94. The first kappa shape index (κ1) is 16.5. The number of rotatable bonds is 6. The van der Waals surface area contributed by atoms with Crippen LogP contribution in [0, 0.1) is 11.8 Å². The molecule has 4 nitrogen and oxygen atoms in total. The highest BCUT2D eigenvalue weighted by Gasteiger charge is 2.30. The fraction of sp³-hybridized carbons (Fsp3) is 0.556. The van der Waals surface area contributed by atoms with E-state index in [2.05, 4.69) is 12.1 Å². The molecule has 120 valence electrons. The Labute approximate surface area is 132 Å². The zero-order valence-corrected chi connectivity index (χ0v) is 13.4. The van der Waals surface area contributed by atoms with Gasteiger partial charge < -0.3 is 10.0 Å². The van der Waals surface area contributed by atoms with E-state index in [0.717, 1.165) is 13.0 Å². The summed E-state index contributed by atoms with van der Waals surface area (Å²) in [6.45, 7) is 5.41. The van der Waals surface area contributed by atoms with Gasteiger partial charge in [-0.15, -0.1) is 0 Å². The monoisotopic (exact) mass is 303 g/mol. The number of amides is 1. The maximum Gasteiger partial charge on any atom is 0.307 e. The summed E-state index contributed by atoms with van der Waals surface area (Å²) in [6.07, 6.45) is 1.63. The van der Waals surface area contributed by atoms with Crippen LogP contribution in [0.25, 0.3) is 0 Å². The second-order valence-corrected chi connectivity index (χ2v) is 6.60. The third kappa shape index (κ3) is 4.33. The highest BCUT2D eigenvalue weighted by atomic mass is 16.4. The van der Waals surface area contributed by atoms with Crippen LogP contribution in [0.1, 0.15) is 44.6 Å². The summed E-state index contributed by atoms with van der Waals surface area (Å²) in [5.74, 6) is -0.793. The van der Waals surface area contributed by atoms with Crippen LogP contribution in [0.3, 0.4) is 0 Å². The van der Waals surface area contributed by atoms with Crippen LogP contribution in [-0.4, -0.2) is 35.0 Å². The highest BCUT2D eigenvalue weighted by molar-refractivity contribution is 5.82. The zero-order valence-electron chi connectivity index (χ0n) is 13.4. The van der Waals surface area contributed by atoms with Crippen molar-refractivity contribution in [1.82, 2.24) is 4.90 Å². The normalized spacial score (nSPS) is 19.4. The van der Waals surface area contributed by atoms with E-state index >= 15 is 0 Å². The van der Waals surface area contributed by atoms with Crippen molar-refractivity contribution in [2.45, 2.75) is 39.0 Å². The van der Waals surface area contributed by atoms with Gasteiger partial charge in [-0.1, -0.05) is 44.2 Å². The number of hydrogen-bond acceptors (Lipinski definition) is 2. The first-order valence-electron chi connectivity index (χ1n) is 8.03. The summed E-state index contributed by atoms with van der Waals surface area (Å²) < 4.78 is 0. The Hall–Kier alpha value is -1.84. The Morgan fingerprint density at radius 2 is 1.95 bits per heavy atom. The lowest BCUT2D eigenvalue weighted by Crippen LogP contribution is -2.32. The lowest BCUT2D eigenvalue weighted by molar-refractivity contribution is -0.146. The predicted octanol–water partition coefficient (Wildman–Crippen LogP) is 3.14. The number of carbonyl (C=O) groups is 2. The summed E-state index contributed by atoms with van der Waals surface area (Å²) >= 11 is 0. The molecule has 0 radical (unpaired) electrons. The molecule has 1 aliphatic rings. The number of benzene rings is 1. The van der Waals surface area contributed by atoms with E-state index in [1.165, 1.54) is 5.56 Å². The second kappa shape index (κ2) is 7.43. The third-order valence-corrected chi connectivity index (χ3v) is 4.34. The molecule has 22 heavy (non-hydrogen) atoms. The van der Waals surface area contributed by atoms with Crippen LogP contribution >= 0.6 is 0 Å². The molecular weight excluding hydrogens is 278 g/mol. The number of hydrogen-bond donors (Lipinski definition) is 1. The molecule has 0 aliphatic carbocycles. The molecule has 0 aromatic heterocycles. The Balaban J connectivity index is 1.92. The molecule has 1 aliphatic heterocycles. The van der Waals surface area contributed by atoms with Gasteiger partial charge in [-0.25, -0.2) is 0 Å². The zero-order chi connectivity index (χ0) is 16.1. The van der Waals surface area contributed by atoms with Gasteiger partial charge in [0.05, 0.1) is 5.92 Å². The molecule has 2 atom stereocenters. The molecule has 1 fully saturated rings. The molecule has 4 heteroatoms. The van der Waals surface area contributed by atoms with E-state index in [0.29, 0.717) is 18.9 Å². The van der Waals surface area contributed by atoms with E-state index < -0.39 is 11.9 Å². The van der Waals surface area contributed by atoms with Gasteiger partial charge in [-0.2, -0.15) is 0 Å². The summed E-state index contributed by atoms with van der Waals surface area (Å²) in [6, 6.07) is 10.2. The quantitative estimate of drug-likeness (QED) is 0.878. The van der Waals surface area contributed by atoms with Gasteiger partial charge in [0.15, 0.2) is 0 Å². The Bertz CT molecular complexity index is 512. The lowest BCUT2D eigenvalue weighted by Gasteiger charge is -2.20. The molecule has 1 aromatic rings.